The summed E-state index contributed by atoms with van der Waals surface area (Å²) >= 11 is 0. The van der Waals surface area contributed by atoms with Crippen molar-refractivity contribution in [3.63, 3.8) is 0 Å². The molecule has 1 amide bonds. The summed E-state index contributed by atoms with van der Waals surface area (Å²) in [7, 11) is 1.33. The number of ether oxygens (including phenoxy) is 1. The van der Waals surface area contributed by atoms with Gasteiger partial charge in [0.25, 0.3) is 5.91 Å². The molecule has 0 fully saturated rings. The lowest BCUT2D eigenvalue weighted by molar-refractivity contribution is -0.140. The van der Waals surface area contributed by atoms with E-state index in [0.717, 1.165) is 11.1 Å². The van der Waals surface area contributed by atoms with Gasteiger partial charge in [0.1, 0.15) is 0 Å². The highest BCUT2D eigenvalue weighted by atomic mass is 16.5. The molecular weight excluding hydrogens is 218 g/mol. The summed E-state index contributed by atoms with van der Waals surface area (Å²) in [5, 5.41) is 2.69. The highest BCUT2D eigenvalue weighted by Crippen LogP contribution is 2.10. The molecule has 0 saturated heterocycles. The van der Waals surface area contributed by atoms with E-state index in [2.05, 4.69) is 10.1 Å². The van der Waals surface area contributed by atoms with Crippen molar-refractivity contribution in [3.8, 4) is 0 Å². The zero-order valence-corrected chi connectivity index (χ0v) is 10.4. The number of esters is 1. The van der Waals surface area contributed by atoms with Crippen molar-refractivity contribution in [1.82, 2.24) is 5.32 Å². The molecule has 17 heavy (non-hydrogen) atoms. The van der Waals surface area contributed by atoms with Gasteiger partial charge in [0.2, 0.25) is 0 Å². The molecule has 92 valence electrons. The second-order valence-electron chi connectivity index (χ2n) is 3.90. The monoisotopic (exact) mass is 235 g/mol. The summed E-state index contributed by atoms with van der Waals surface area (Å²) in [5.74, 6) is -0.485. The highest BCUT2D eigenvalue weighted by molar-refractivity contribution is 5.95. The van der Waals surface area contributed by atoms with E-state index >= 15 is 0 Å². The van der Waals surface area contributed by atoms with Crippen LogP contribution in [0, 0.1) is 13.8 Å². The zero-order chi connectivity index (χ0) is 12.8. The molecule has 0 aromatic heterocycles. The zero-order valence-electron chi connectivity index (χ0n) is 10.4. The second-order valence-corrected chi connectivity index (χ2v) is 3.90. The van der Waals surface area contributed by atoms with Crippen molar-refractivity contribution in [2.75, 3.05) is 13.7 Å². The van der Waals surface area contributed by atoms with Crippen molar-refractivity contribution in [2.45, 2.75) is 20.3 Å². The van der Waals surface area contributed by atoms with Crippen LogP contribution in [0.4, 0.5) is 0 Å². The quantitative estimate of drug-likeness (QED) is 0.806. The second kappa shape index (κ2) is 6.03. The Bertz CT molecular complexity index is 427. The van der Waals surface area contributed by atoms with Gasteiger partial charge in [-0.2, -0.15) is 0 Å². The standard InChI is InChI=1S/C13H17NO3/c1-9-4-5-10(2)11(8-9)13(16)14-7-6-12(15)17-3/h4-5,8H,6-7H2,1-3H3,(H,14,16). The average molecular weight is 235 g/mol. The molecule has 1 rings (SSSR count). The Morgan fingerprint density at radius 3 is 2.65 bits per heavy atom. The van der Waals surface area contributed by atoms with Gasteiger partial charge in [0, 0.05) is 12.1 Å². The normalized spacial score (nSPS) is 9.82. The number of hydrogen-bond donors (Lipinski definition) is 1. The van der Waals surface area contributed by atoms with Crippen molar-refractivity contribution in [2.24, 2.45) is 0 Å². The molecule has 0 unspecified atom stereocenters. The van der Waals surface area contributed by atoms with Crippen molar-refractivity contribution in [1.29, 1.82) is 0 Å². The maximum absolute atomic E-state index is 11.8. The number of methoxy groups -OCH3 is 1. The van der Waals surface area contributed by atoms with Crippen molar-refractivity contribution >= 4 is 11.9 Å². The number of benzene rings is 1. The molecule has 0 aliphatic rings. The number of amides is 1. The predicted octanol–water partition coefficient (Wildman–Crippen LogP) is 1.60. The van der Waals surface area contributed by atoms with Gasteiger partial charge in [-0.25, -0.2) is 0 Å². The SMILES string of the molecule is COC(=O)CCNC(=O)c1cc(C)ccc1C. The minimum absolute atomic E-state index is 0.157. The minimum Gasteiger partial charge on any atom is -0.469 e. The number of nitrogens with one attached hydrogen (secondary N) is 1. The van der Waals surface area contributed by atoms with Crippen LogP contribution in [0.25, 0.3) is 0 Å². The van der Waals surface area contributed by atoms with Gasteiger partial charge in [0.15, 0.2) is 0 Å². The Kier molecular flexibility index (Phi) is 4.69. The third-order valence-electron chi connectivity index (χ3n) is 2.48. The highest BCUT2D eigenvalue weighted by Gasteiger charge is 2.09. The number of carbonyl (C=O) groups is 2. The lowest BCUT2D eigenvalue weighted by Crippen LogP contribution is -2.27. The molecule has 1 aromatic rings. The molecule has 4 nitrogen and oxygen atoms in total. The van der Waals surface area contributed by atoms with Crippen LogP contribution in [0.1, 0.15) is 27.9 Å². The molecule has 4 heteroatoms. The summed E-state index contributed by atoms with van der Waals surface area (Å²) < 4.78 is 4.49. The van der Waals surface area contributed by atoms with Gasteiger partial charge in [0.05, 0.1) is 13.5 Å². The largest absolute Gasteiger partial charge is 0.469 e. The smallest absolute Gasteiger partial charge is 0.307 e. The molecule has 1 N–H and O–H groups in total. The summed E-state index contributed by atoms with van der Waals surface area (Å²) in [6.07, 6.45) is 0.188. The van der Waals surface area contributed by atoms with E-state index in [0.29, 0.717) is 12.1 Å². The molecule has 0 saturated carbocycles. The average Bonchev–Trinajstić information content (AvgIpc) is 2.31. The van der Waals surface area contributed by atoms with Crippen molar-refractivity contribution in [3.05, 3.63) is 34.9 Å². The van der Waals surface area contributed by atoms with Crippen LogP contribution in [0.3, 0.4) is 0 Å². The number of aryl methyl sites for hydroxylation is 2. The van der Waals surface area contributed by atoms with Crippen LogP contribution in [-0.4, -0.2) is 25.5 Å². The van der Waals surface area contributed by atoms with E-state index in [1.165, 1.54) is 7.11 Å². The summed E-state index contributed by atoms with van der Waals surface area (Å²) in [6, 6.07) is 5.70. The molecule has 0 aliphatic carbocycles. The molecule has 0 aliphatic heterocycles. The van der Waals surface area contributed by atoms with Gasteiger partial charge in [-0.05, 0) is 25.5 Å². The Hall–Kier alpha value is -1.84. The van der Waals surface area contributed by atoms with E-state index in [9.17, 15) is 9.59 Å². The first-order chi connectivity index (χ1) is 8.04. The Balaban J connectivity index is 2.58. The summed E-state index contributed by atoms with van der Waals surface area (Å²) in [4.78, 5) is 22.7. The molecule has 0 spiro atoms. The topological polar surface area (TPSA) is 55.4 Å². The maximum atomic E-state index is 11.8. The van der Waals surface area contributed by atoms with E-state index in [-0.39, 0.29) is 18.3 Å². The first-order valence-electron chi connectivity index (χ1n) is 5.47. The minimum atomic E-state index is -0.328. The molecule has 1 aromatic carbocycles. The van der Waals surface area contributed by atoms with Crippen molar-refractivity contribution < 1.29 is 14.3 Å². The number of carbonyl (C=O) groups excluding carboxylic acids is 2. The van der Waals surface area contributed by atoms with E-state index in [1.807, 2.05) is 32.0 Å². The van der Waals surface area contributed by atoms with Crippen LogP contribution >= 0.6 is 0 Å². The van der Waals surface area contributed by atoms with Crippen LogP contribution in [0.5, 0.6) is 0 Å². The lowest BCUT2D eigenvalue weighted by Gasteiger charge is -2.08. The predicted molar refractivity (Wildman–Crippen MR) is 64.9 cm³/mol. The van der Waals surface area contributed by atoms with Crippen LogP contribution in [-0.2, 0) is 9.53 Å². The fraction of sp³-hybridized carbons (Fsp3) is 0.385. The molecule has 0 bridgehead atoms. The number of hydrogen-bond acceptors (Lipinski definition) is 3. The third-order valence-corrected chi connectivity index (χ3v) is 2.48. The van der Waals surface area contributed by atoms with E-state index < -0.39 is 0 Å². The Morgan fingerprint density at radius 2 is 2.00 bits per heavy atom. The van der Waals surface area contributed by atoms with Gasteiger partial charge in [-0.1, -0.05) is 17.7 Å². The Labute approximate surface area is 101 Å². The molecule has 0 heterocycles. The fourth-order valence-corrected chi connectivity index (χ4v) is 1.46. The third kappa shape index (κ3) is 3.90. The fourth-order valence-electron chi connectivity index (χ4n) is 1.46. The summed E-state index contributed by atoms with van der Waals surface area (Å²) in [6.45, 7) is 4.11. The summed E-state index contributed by atoms with van der Waals surface area (Å²) in [5.41, 5.74) is 2.61. The molecule has 0 radical (unpaired) electrons. The van der Waals surface area contributed by atoms with Gasteiger partial charge in [-0.3, -0.25) is 9.59 Å². The van der Waals surface area contributed by atoms with Crippen LogP contribution in [0.15, 0.2) is 18.2 Å². The van der Waals surface area contributed by atoms with Crippen LogP contribution in [0.2, 0.25) is 0 Å². The number of rotatable bonds is 4. The van der Waals surface area contributed by atoms with Gasteiger partial charge >= 0.3 is 5.97 Å². The molecular formula is C13H17NO3. The van der Waals surface area contributed by atoms with E-state index in [4.69, 9.17) is 0 Å². The maximum Gasteiger partial charge on any atom is 0.307 e. The Morgan fingerprint density at radius 1 is 1.29 bits per heavy atom. The van der Waals surface area contributed by atoms with Gasteiger partial charge in [-0.15, -0.1) is 0 Å². The van der Waals surface area contributed by atoms with Crippen LogP contribution < -0.4 is 5.32 Å². The van der Waals surface area contributed by atoms with Gasteiger partial charge < -0.3 is 10.1 Å². The first kappa shape index (κ1) is 13.2. The lowest BCUT2D eigenvalue weighted by atomic mass is 10.1. The molecule has 0 atom stereocenters. The first-order valence-corrected chi connectivity index (χ1v) is 5.47. The van der Waals surface area contributed by atoms with E-state index in [1.54, 1.807) is 0 Å².